The number of carbonyl (C=O) groups is 1. The standard InChI is InChI=1S/C21H18N2OS2/c24-20(14-13-19-12-7-15-26-19)22-21(25)23(18-10-5-2-6-11-18)16-17-8-3-1-4-9-17/h1-15H,16H2,(H,22,24,25). The number of hydrogen-bond donors (Lipinski definition) is 1. The second-order valence-corrected chi connectivity index (χ2v) is 6.92. The van der Waals surface area contributed by atoms with Crippen LogP contribution in [-0.4, -0.2) is 11.0 Å². The number of nitrogens with one attached hydrogen (secondary N) is 1. The van der Waals surface area contributed by atoms with Gasteiger partial charge in [0.1, 0.15) is 0 Å². The highest BCUT2D eigenvalue weighted by atomic mass is 32.1. The highest BCUT2D eigenvalue weighted by Crippen LogP contribution is 2.17. The van der Waals surface area contributed by atoms with Gasteiger partial charge in [-0.25, -0.2) is 0 Å². The fourth-order valence-electron chi connectivity index (χ4n) is 2.41. The number of rotatable bonds is 5. The van der Waals surface area contributed by atoms with Gasteiger partial charge in [0.05, 0.1) is 6.54 Å². The van der Waals surface area contributed by atoms with Gasteiger partial charge >= 0.3 is 0 Å². The third kappa shape index (κ3) is 5.12. The summed E-state index contributed by atoms with van der Waals surface area (Å²) in [6.45, 7) is 0.582. The van der Waals surface area contributed by atoms with Crippen LogP contribution in [0.25, 0.3) is 6.08 Å². The Hall–Kier alpha value is -2.76. The summed E-state index contributed by atoms with van der Waals surface area (Å²) in [5.74, 6) is -0.239. The van der Waals surface area contributed by atoms with E-state index < -0.39 is 0 Å². The molecule has 0 radical (unpaired) electrons. The molecule has 0 bridgehead atoms. The van der Waals surface area contributed by atoms with Crippen LogP contribution in [0.4, 0.5) is 5.69 Å². The number of nitrogens with zero attached hydrogens (tertiary/aromatic N) is 1. The Kier molecular flexibility index (Phi) is 6.30. The van der Waals surface area contributed by atoms with Crippen molar-refractivity contribution in [2.24, 2.45) is 0 Å². The van der Waals surface area contributed by atoms with Crippen LogP contribution in [0.1, 0.15) is 10.4 Å². The maximum absolute atomic E-state index is 12.2. The van der Waals surface area contributed by atoms with E-state index in [1.54, 1.807) is 17.4 Å². The van der Waals surface area contributed by atoms with Crippen molar-refractivity contribution in [3.05, 3.63) is 94.7 Å². The minimum atomic E-state index is -0.239. The highest BCUT2D eigenvalue weighted by Gasteiger charge is 2.14. The van der Waals surface area contributed by atoms with Crippen molar-refractivity contribution in [3.63, 3.8) is 0 Å². The zero-order chi connectivity index (χ0) is 18.2. The molecule has 1 amide bonds. The summed E-state index contributed by atoms with van der Waals surface area (Å²) >= 11 is 7.09. The number of thiocarbonyl (C=S) groups is 1. The third-order valence-electron chi connectivity index (χ3n) is 3.67. The van der Waals surface area contributed by atoms with Crippen molar-refractivity contribution < 1.29 is 4.79 Å². The average Bonchev–Trinajstić information content (AvgIpc) is 3.19. The summed E-state index contributed by atoms with van der Waals surface area (Å²) in [6, 6.07) is 23.8. The number of carbonyl (C=O) groups excluding carboxylic acids is 1. The Bertz CT molecular complexity index is 875. The van der Waals surface area contributed by atoms with Gasteiger partial charge in [-0.05, 0) is 47.4 Å². The van der Waals surface area contributed by atoms with Crippen LogP contribution in [0.3, 0.4) is 0 Å². The molecule has 0 spiro atoms. The monoisotopic (exact) mass is 378 g/mol. The van der Waals surface area contributed by atoms with E-state index in [0.29, 0.717) is 11.7 Å². The lowest BCUT2D eigenvalue weighted by Crippen LogP contribution is -2.41. The molecule has 0 atom stereocenters. The molecule has 5 heteroatoms. The van der Waals surface area contributed by atoms with Crippen LogP contribution < -0.4 is 10.2 Å². The van der Waals surface area contributed by atoms with Crippen molar-refractivity contribution in [1.82, 2.24) is 5.32 Å². The normalized spacial score (nSPS) is 10.6. The largest absolute Gasteiger partial charge is 0.314 e. The molecule has 0 aliphatic carbocycles. The molecule has 2 aromatic carbocycles. The van der Waals surface area contributed by atoms with Crippen LogP contribution in [0.2, 0.25) is 0 Å². The number of benzene rings is 2. The topological polar surface area (TPSA) is 32.3 Å². The van der Waals surface area contributed by atoms with Gasteiger partial charge in [-0.1, -0.05) is 54.6 Å². The second kappa shape index (κ2) is 9.08. The highest BCUT2D eigenvalue weighted by molar-refractivity contribution is 7.80. The van der Waals surface area contributed by atoms with Gasteiger partial charge in [-0.2, -0.15) is 0 Å². The van der Waals surface area contributed by atoms with Crippen LogP contribution in [0, 0.1) is 0 Å². The number of anilines is 1. The molecular weight excluding hydrogens is 360 g/mol. The SMILES string of the molecule is O=C(C=Cc1cccs1)NC(=S)N(Cc1ccccc1)c1ccccc1. The minimum Gasteiger partial charge on any atom is -0.314 e. The predicted molar refractivity (Wildman–Crippen MR) is 113 cm³/mol. The summed E-state index contributed by atoms with van der Waals surface area (Å²) in [5.41, 5.74) is 2.05. The Morgan fingerprint density at radius 1 is 1.00 bits per heavy atom. The molecule has 1 heterocycles. The number of hydrogen-bond acceptors (Lipinski definition) is 3. The number of amides is 1. The smallest absolute Gasteiger partial charge is 0.250 e. The Morgan fingerprint density at radius 3 is 2.35 bits per heavy atom. The van der Waals surface area contributed by atoms with Crippen LogP contribution >= 0.6 is 23.6 Å². The molecule has 0 aliphatic heterocycles. The van der Waals surface area contributed by atoms with Gasteiger partial charge in [-0.3, -0.25) is 10.1 Å². The van der Waals surface area contributed by atoms with E-state index in [1.165, 1.54) is 6.08 Å². The van der Waals surface area contributed by atoms with Gasteiger partial charge in [0.25, 0.3) is 0 Å². The van der Waals surface area contributed by atoms with Gasteiger partial charge in [0.15, 0.2) is 5.11 Å². The predicted octanol–water partition coefficient (Wildman–Crippen LogP) is 4.87. The minimum absolute atomic E-state index is 0.239. The van der Waals surface area contributed by atoms with E-state index in [9.17, 15) is 4.79 Å². The first-order valence-electron chi connectivity index (χ1n) is 8.15. The lowest BCUT2D eigenvalue weighted by molar-refractivity contribution is -0.115. The summed E-state index contributed by atoms with van der Waals surface area (Å²) in [5, 5.41) is 5.14. The van der Waals surface area contributed by atoms with E-state index in [2.05, 4.69) is 5.32 Å². The summed E-state index contributed by atoms with van der Waals surface area (Å²) in [7, 11) is 0. The second-order valence-electron chi connectivity index (χ2n) is 5.55. The van der Waals surface area contributed by atoms with E-state index in [0.717, 1.165) is 16.1 Å². The lowest BCUT2D eigenvalue weighted by Gasteiger charge is -2.25. The Labute approximate surface area is 162 Å². The molecule has 3 rings (SSSR count). The molecule has 130 valence electrons. The van der Waals surface area contributed by atoms with Gasteiger partial charge in [0.2, 0.25) is 5.91 Å². The molecule has 26 heavy (non-hydrogen) atoms. The van der Waals surface area contributed by atoms with Crippen molar-refractivity contribution >= 4 is 46.3 Å². The lowest BCUT2D eigenvalue weighted by atomic mass is 10.2. The van der Waals surface area contributed by atoms with E-state index in [1.807, 2.05) is 83.1 Å². The molecule has 0 aliphatic rings. The molecule has 3 nitrogen and oxygen atoms in total. The molecule has 1 aromatic heterocycles. The molecule has 3 aromatic rings. The summed E-state index contributed by atoms with van der Waals surface area (Å²) in [6.07, 6.45) is 3.29. The maximum Gasteiger partial charge on any atom is 0.250 e. The quantitative estimate of drug-likeness (QED) is 0.508. The van der Waals surface area contributed by atoms with Crippen molar-refractivity contribution in [2.75, 3.05) is 4.90 Å². The Morgan fingerprint density at radius 2 is 1.69 bits per heavy atom. The third-order valence-corrected chi connectivity index (χ3v) is 4.83. The number of thiophene rings is 1. The number of para-hydroxylation sites is 1. The van der Waals surface area contributed by atoms with Crippen LogP contribution in [-0.2, 0) is 11.3 Å². The van der Waals surface area contributed by atoms with Gasteiger partial charge in [0, 0.05) is 16.6 Å². The van der Waals surface area contributed by atoms with Crippen molar-refractivity contribution in [2.45, 2.75) is 6.54 Å². The zero-order valence-corrected chi connectivity index (χ0v) is 15.7. The molecule has 1 N–H and O–H groups in total. The van der Waals surface area contributed by atoms with E-state index in [-0.39, 0.29) is 5.91 Å². The van der Waals surface area contributed by atoms with Crippen molar-refractivity contribution in [1.29, 1.82) is 0 Å². The zero-order valence-electron chi connectivity index (χ0n) is 14.0. The first kappa shape index (κ1) is 18.0. The van der Waals surface area contributed by atoms with Crippen molar-refractivity contribution in [3.8, 4) is 0 Å². The first-order chi connectivity index (χ1) is 12.7. The fraction of sp³-hybridized carbons (Fsp3) is 0.0476. The first-order valence-corrected chi connectivity index (χ1v) is 9.44. The summed E-state index contributed by atoms with van der Waals surface area (Å²) in [4.78, 5) is 15.2. The molecule has 0 fully saturated rings. The Balaban J connectivity index is 1.73. The molecular formula is C21H18N2OS2. The molecule has 0 saturated carbocycles. The molecule has 0 saturated heterocycles. The summed E-state index contributed by atoms with van der Waals surface area (Å²) < 4.78 is 0. The fourth-order valence-corrected chi connectivity index (χ4v) is 3.30. The van der Waals surface area contributed by atoms with E-state index >= 15 is 0 Å². The van der Waals surface area contributed by atoms with Crippen LogP contribution in [0.15, 0.2) is 84.3 Å². The average molecular weight is 379 g/mol. The van der Waals surface area contributed by atoms with Gasteiger partial charge < -0.3 is 4.90 Å². The maximum atomic E-state index is 12.2. The van der Waals surface area contributed by atoms with Gasteiger partial charge in [-0.15, -0.1) is 11.3 Å². The van der Waals surface area contributed by atoms with Crippen LogP contribution in [0.5, 0.6) is 0 Å². The van der Waals surface area contributed by atoms with E-state index in [4.69, 9.17) is 12.2 Å². The molecule has 0 unspecified atom stereocenters.